The first-order valence-corrected chi connectivity index (χ1v) is 8.90. The number of thioether (sulfide) groups is 1. The van der Waals surface area contributed by atoms with Crippen molar-refractivity contribution in [3.8, 4) is 11.5 Å². The zero-order valence-corrected chi connectivity index (χ0v) is 15.7. The van der Waals surface area contributed by atoms with Crippen molar-refractivity contribution in [2.24, 2.45) is 0 Å². The van der Waals surface area contributed by atoms with Crippen molar-refractivity contribution in [1.29, 1.82) is 0 Å². The molecule has 0 unspecified atom stereocenters. The number of hydrogen-bond donors (Lipinski definition) is 0. The number of thiocarbonyl (C=S) groups is 1. The Morgan fingerprint density at radius 3 is 2.80 bits per heavy atom. The minimum atomic E-state index is -1.36. The van der Waals surface area contributed by atoms with E-state index in [1.165, 1.54) is 6.92 Å². The number of amides is 1. The average molecular weight is 380 g/mol. The molecule has 1 atom stereocenters. The number of benzene rings is 1. The summed E-state index contributed by atoms with van der Waals surface area (Å²) in [5.41, 5.74) is 0.661. The first kappa shape index (κ1) is 19.3. The minimum absolute atomic E-state index is 0.187. The second-order valence-electron chi connectivity index (χ2n) is 5.27. The van der Waals surface area contributed by atoms with E-state index in [9.17, 15) is 14.7 Å². The zero-order chi connectivity index (χ0) is 18.6. The third-order valence-corrected chi connectivity index (χ3v) is 4.85. The van der Waals surface area contributed by atoms with Crippen LogP contribution in [0.2, 0.25) is 0 Å². The van der Waals surface area contributed by atoms with Crippen molar-refractivity contribution in [3.05, 3.63) is 28.7 Å². The van der Waals surface area contributed by atoms with Crippen LogP contribution in [0.3, 0.4) is 0 Å². The standard InChI is InChI=1S/C17H19NO5S2/c1-4-8-23-14-11(6-5-7-12(14)22-3)9-13-15(19)18(17(24)25-13)10(2)16(20)21/h5-7,9-10H,4,8H2,1-3H3,(H,20,21)/p-1/b13-9-/t10-/m1/s1. The molecule has 2 rings (SSSR count). The number of carbonyl (C=O) groups is 2. The molecule has 1 aliphatic rings. The van der Waals surface area contributed by atoms with Crippen LogP contribution in [0.5, 0.6) is 11.5 Å². The number of nitrogens with zero attached hydrogens (tertiary/aromatic N) is 1. The van der Waals surface area contributed by atoms with E-state index in [0.717, 1.165) is 23.1 Å². The Bertz CT molecular complexity index is 732. The fourth-order valence-electron chi connectivity index (χ4n) is 2.23. The van der Waals surface area contributed by atoms with Crippen LogP contribution in [0.1, 0.15) is 25.8 Å². The number of aliphatic carboxylic acids is 1. The Hall–Kier alpha value is -2.06. The van der Waals surface area contributed by atoms with Crippen molar-refractivity contribution in [2.75, 3.05) is 13.7 Å². The highest BCUT2D eigenvalue weighted by Gasteiger charge is 2.36. The molecule has 1 heterocycles. The molecule has 8 heteroatoms. The lowest BCUT2D eigenvalue weighted by Gasteiger charge is -2.23. The van der Waals surface area contributed by atoms with Crippen LogP contribution in [-0.4, -0.2) is 40.9 Å². The van der Waals surface area contributed by atoms with Gasteiger partial charge >= 0.3 is 0 Å². The summed E-state index contributed by atoms with van der Waals surface area (Å²) in [4.78, 5) is 25.0. The molecular formula is C17H18NO5S2-. The van der Waals surface area contributed by atoms with Gasteiger partial charge in [0, 0.05) is 5.56 Å². The molecule has 1 aliphatic heterocycles. The summed E-state index contributed by atoms with van der Waals surface area (Å²) in [6.07, 6.45) is 2.46. The smallest absolute Gasteiger partial charge is 0.266 e. The van der Waals surface area contributed by atoms with Crippen molar-refractivity contribution < 1.29 is 24.2 Å². The Balaban J connectivity index is 2.39. The molecule has 1 saturated heterocycles. The highest BCUT2D eigenvalue weighted by atomic mass is 32.2. The second-order valence-corrected chi connectivity index (χ2v) is 6.95. The molecule has 0 N–H and O–H groups in total. The number of carboxylic acid groups (broad SMARTS) is 1. The molecule has 6 nitrogen and oxygen atoms in total. The molecular weight excluding hydrogens is 362 g/mol. The number of carboxylic acids is 1. The largest absolute Gasteiger partial charge is 0.548 e. The Morgan fingerprint density at radius 2 is 2.20 bits per heavy atom. The van der Waals surface area contributed by atoms with Crippen molar-refractivity contribution in [1.82, 2.24) is 4.90 Å². The number of rotatable bonds is 7. The molecule has 25 heavy (non-hydrogen) atoms. The highest BCUT2D eigenvalue weighted by Crippen LogP contribution is 2.38. The van der Waals surface area contributed by atoms with Gasteiger partial charge < -0.3 is 19.4 Å². The van der Waals surface area contributed by atoms with Crippen molar-refractivity contribution in [2.45, 2.75) is 26.3 Å². The highest BCUT2D eigenvalue weighted by molar-refractivity contribution is 8.26. The summed E-state index contributed by atoms with van der Waals surface area (Å²) < 4.78 is 11.3. The monoisotopic (exact) mass is 380 g/mol. The zero-order valence-electron chi connectivity index (χ0n) is 14.1. The predicted molar refractivity (Wildman–Crippen MR) is 98.3 cm³/mol. The Kier molecular flexibility index (Phi) is 6.44. The van der Waals surface area contributed by atoms with Gasteiger partial charge in [-0.15, -0.1) is 0 Å². The van der Waals surface area contributed by atoms with Gasteiger partial charge in [-0.1, -0.05) is 43.0 Å². The second kappa shape index (κ2) is 8.35. The van der Waals surface area contributed by atoms with E-state index in [1.54, 1.807) is 31.4 Å². The molecule has 0 spiro atoms. The van der Waals surface area contributed by atoms with E-state index in [4.69, 9.17) is 21.7 Å². The molecule has 0 radical (unpaired) electrons. The van der Waals surface area contributed by atoms with Gasteiger partial charge in [0.15, 0.2) is 11.5 Å². The summed E-state index contributed by atoms with van der Waals surface area (Å²) in [5, 5.41) is 11.1. The van der Waals surface area contributed by atoms with Crippen LogP contribution in [-0.2, 0) is 9.59 Å². The van der Waals surface area contributed by atoms with Crippen LogP contribution in [0.25, 0.3) is 6.08 Å². The summed E-state index contributed by atoms with van der Waals surface area (Å²) in [6.45, 7) is 3.86. The van der Waals surface area contributed by atoms with Gasteiger partial charge in [0.25, 0.3) is 5.91 Å². The maximum atomic E-state index is 12.5. The summed E-state index contributed by atoms with van der Waals surface area (Å²) >= 11 is 6.19. The maximum absolute atomic E-state index is 12.5. The minimum Gasteiger partial charge on any atom is -0.548 e. The van der Waals surface area contributed by atoms with Crippen molar-refractivity contribution >= 4 is 46.3 Å². The molecule has 0 aromatic heterocycles. The van der Waals surface area contributed by atoms with Gasteiger partial charge in [-0.2, -0.15) is 0 Å². The maximum Gasteiger partial charge on any atom is 0.266 e. The van der Waals surface area contributed by atoms with Gasteiger partial charge in [0.1, 0.15) is 4.32 Å². The Morgan fingerprint density at radius 1 is 1.48 bits per heavy atom. The van der Waals surface area contributed by atoms with E-state index >= 15 is 0 Å². The quantitative estimate of drug-likeness (QED) is 0.527. The van der Waals surface area contributed by atoms with Gasteiger partial charge in [-0.05, 0) is 25.5 Å². The molecule has 0 saturated carbocycles. The van der Waals surface area contributed by atoms with Crippen LogP contribution in [0.15, 0.2) is 23.1 Å². The van der Waals surface area contributed by atoms with Crippen LogP contribution >= 0.6 is 24.0 Å². The molecule has 1 aromatic carbocycles. The molecule has 1 amide bonds. The van der Waals surface area contributed by atoms with Gasteiger partial charge in [0.05, 0.1) is 30.6 Å². The fraction of sp³-hybridized carbons (Fsp3) is 0.353. The topological polar surface area (TPSA) is 78.9 Å². The number of para-hydroxylation sites is 1. The first-order chi connectivity index (χ1) is 11.9. The first-order valence-electron chi connectivity index (χ1n) is 7.68. The van der Waals surface area contributed by atoms with E-state index < -0.39 is 17.9 Å². The number of carbonyl (C=O) groups excluding carboxylic acids is 2. The van der Waals surface area contributed by atoms with E-state index in [-0.39, 0.29) is 4.32 Å². The molecule has 0 bridgehead atoms. The van der Waals surface area contributed by atoms with E-state index in [0.29, 0.717) is 28.6 Å². The van der Waals surface area contributed by atoms with Crippen molar-refractivity contribution in [3.63, 3.8) is 0 Å². The normalized spacial score (nSPS) is 17.1. The lowest BCUT2D eigenvalue weighted by Crippen LogP contribution is -2.48. The summed E-state index contributed by atoms with van der Waals surface area (Å²) in [7, 11) is 1.54. The Labute approximate surface area is 155 Å². The number of methoxy groups -OCH3 is 1. The van der Waals surface area contributed by atoms with Crippen LogP contribution in [0.4, 0.5) is 0 Å². The summed E-state index contributed by atoms with van der Waals surface area (Å²) in [6, 6.07) is 4.22. The third-order valence-electron chi connectivity index (χ3n) is 3.52. The van der Waals surface area contributed by atoms with Gasteiger partial charge in [0.2, 0.25) is 0 Å². The number of ether oxygens (including phenoxy) is 2. The lowest BCUT2D eigenvalue weighted by atomic mass is 10.1. The summed E-state index contributed by atoms with van der Waals surface area (Å²) in [5.74, 6) is -0.729. The predicted octanol–water partition coefficient (Wildman–Crippen LogP) is 1.82. The lowest BCUT2D eigenvalue weighted by molar-refractivity contribution is -0.309. The molecule has 0 aliphatic carbocycles. The SMILES string of the molecule is CCCOc1c(/C=C2\SC(=S)N([C@H](C)C(=O)[O-])C2=O)cccc1OC. The molecule has 134 valence electrons. The fourth-order valence-corrected chi connectivity index (χ4v) is 3.64. The number of hydrogen-bond acceptors (Lipinski definition) is 7. The van der Waals surface area contributed by atoms with Gasteiger partial charge in [-0.25, -0.2) is 0 Å². The van der Waals surface area contributed by atoms with Gasteiger partial charge in [-0.3, -0.25) is 9.69 Å². The molecule has 1 aromatic rings. The van der Waals surface area contributed by atoms with E-state index in [1.807, 2.05) is 6.92 Å². The van der Waals surface area contributed by atoms with Crippen LogP contribution in [0, 0.1) is 0 Å². The third kappa shape index (κ3) is 4.13. The van der Waals surface area contributed by atoms with E-state index in [2.05, 4.69) is 0 Å². The molecule has 1 fully saturated rings. The average Bonchev–Trinajstić information content (AvgIpc) is 2.86. The van der Waals surface area contributed by atoms with Crippen LogP contribution < -0.4 is 14.6 Å².